The van der Waals surface area contributed by atoms with E-state index in [9.17, 15) is 4.79 Å². The Morgan fingerprint density at radius 2 is 2.11 bits per heavy atom. The number of pyridine rings is 1. The second-order valence-electron chi connectivity index (χ2n) is 9.22. The van der Waals surface area contributed by atoms with Crippen molar-refractivity contribution in [2.45, 2.75) is 64.9 Å². The number of likely N-dealkylation sites (tertiary alicyclic amines) is 1. The van der Waals surface area contributed by atoms with Gasteiger partial charge in [-0.25, -0.2) is 9.78 Å². The highest BCUT2D eigenvalue weighted by Crippen LogP contribution is 2.58. The maximum Gasteiger partial charge on any atom is 0.410 e. The lowest BCUT2D eigenvalue weighted by atomic mass is 9.79. The van der Waals surface area contributed by atoms with Crippen molar-refractivity contribution in [2.24, 2.45) is 11.3 Å². The third-order valence-corrected chi connectivity index (χ3v) is 6.74. The fraction of sp³-hybridized carbons (Fsp3) is 0.714. The van der Waals surface area contributed by atoms with Crippen LogP contribution in [0.3, 0.4) is 0 Å². The van der Waals surface area contributed by atoms with Crippen LogP contribution in [0.25, 0.3) is 0 Å². The first-order valence-corrected chi connectivity index (χ1v) is 11.4. The van der Waals surface area contributed by atoms with Crippen LogP contribution in [0.5, 0.6) is 0 Å². The van der Waals surface area contributed by atoms with Gasteiger partial charge in [0, 0.05) is 19.6 Å². The molecule has 3 N–H and O–H groups in total. The van der Waals surface area contributed by atoms with Crippen molar-refractivity contribution in [2.75, 3.05) is 30.7 Å². The molecular weight excluding hydrogens is 467 g/mol. The number of hydrogen-bond donors (Lipinski definition) is 2. The van der Waals surface area contributed by atoms with Gasteiger partial charge in [0.25, 0.3) is 0 Å². The van der Waals surface area contributed by atoms with E-state index in [0.29, 0.717) is 17.2 Å². The Morgan fingerprint density at radius 1 is 1.36 bits per heavy atom. The number of nitrogens with one attached hydrogen (secondary N) is 1. The molecule has 1 saturated carbocycles. The zero-order valence-corrected chi connectivity index (χ0v) is 19.4. The Labute approximate surface area is 182 Å². The number of carbonyl (C=O) groups is 1. The van der Waals surface area contributed by atoms with E-state index in [4.69, 9.17) is 10.5 Å². The van der Waals surface area contributed by atoms with Crippen LogP contribution in [0.4, 0.5) is 16.4 Å². The standard InChI is InChI=1S/C21H33IN4O2/c1-20(2,3)28-19(27)26-13-11-21(9-10-21)15(14-26)6-4-5-12-24-18-16(22)7-8-17(23)25-18/h7-8,15H,4-6,9-14H2,1-3H3,(H3,23,24,25). The van der Waals surface area contributed by atoms with Gasteiger partial charge in [-0.2, -0.15) is 0 Å². The lowest BCUT2D eigenvalue weighted by Gasteiger charge is -2.39. The molecule has 0 aromatic carbocycles. The number of aromatic nitrogens is 1. The van der Waals surface area contributed by atoms with E-state index in [1.807, 2.05) is 37.8 Å². The topological polar surface area (TPSA) is 80.5 Å². The normalized spacial score (nSPS) is 20.9. The van der Waals surface area contributed by atoms with Crippen molar-refractivity contribution in [1.82, 2.24) is 9.88 Å². The SMILES string of the molecule is CC(C)(C)OC(=O)N1CCC2(CC2)C(CCCCNc2nc(N)ccc2I)C1. The molecule has 1 unspecified atom stereocenters. The van der Waals surface area contributed by atoms with Gasteiger partial charge in [-0.15, -0.1) is 0 Å². The minimum absolute atomic E-state index is 0.156. The molecule has 0 bridgehead atoms. The molecule has 1 aliphatic carbocycles. The minimum atomic E-state index is -0.431. The summed E-state index contributed by atoms with van der Waals surface area (Å²) in [5.41, 5.74) is 5.84. The fourth-order valence-corrected chi connectivity index (χ4v) is 4.62. The Balaban J connectivity index is 1.44. The first kappa shape index (κ1) is 21.5. The Bertz CT molecular complexity index is 700. The minimum Gasteiger partial charge on any atom is -0.444 e. The van der Waals surface area contributed by atoms with Crippen molar-refractivity contribution in [3.8, 4) is 0 Å². The zero-order valence-electron chi connectivity index (χ0n) is 17.3. The monoisotopic (exact) mass is 500 g/mol. The molecular formula is C21H33IN4O2. The Kier molecular flexibility index (Phi) is 6.61. The number of ether oxygens (including phenoxy) is 1. The fourth-order valence-electron chi connectivity index (χ4n) is 4.13. The van der Waals surface area contributed by atoms with Gasteiger partial charge < -0.3 is 20.7 Å². The van der Waals surface area contributed by atoms with Crippen molar-refractivity contribution in [3.63, 3.8) is 0 Å². The summed E-state index contributed by atoms with van der Waals surface area (Å²) in [5.74, 6) is 2.01. The predicted molar refractivity (Wildman–Crippen MR) is 121 cm³/mol. The van der Waals surface area contributed by atoms with E-state index in [1.165, 1.54) is 19.3 Å². The molecule has 1 aromatic rings. The summed E-state index contributed by atoms with van der Waals surface area (Å²) in [7, 11) is 0. The molecule has 1 aromatic heterocycles. The summed E-state index contributed by atoms with van der Waals surface area (Å²) in [6.07, 6.45) is 7.03. The molecule has 28 heavy (non-hydrogen) atoms. The molecule has 0 radical (unpaired) electrons. The van der Waals surface area contributed by atoms with E-state index in [2.05, 4.69) is 32.9 Å². The summed E-state index contributed by atoms with van der Waals surface area (Å²) >= 11 is 2.27. The number of nitrogens with zero attached hydrogens (tertiary/aromatic N) is 2. The zero-order chi connectivity index (χ0) is 20.4. The number of nitrogen functional groups attached to an aromatic ring is 1. The third-order valence-electron chi connectivity index (χ3n) is 5.87. The number of hydrogen-bond acceptors (Lipinski definition) is 5. The maximum absolute atomic E-state index is 12.5. The third kappa shape index (κ3) is 5.64. The first-order valence-electron chi connectivity index (χ1n) is 10.3. The van der Waals surface area contributed by atoms with E-state index < -0.39 is 5.60 Å². The molecule has 6 nitrogen and oxygen atoms in total. The summed E-state index contributed by atoms with van der Waals surface area (Å²) in [4.78, 5) is 18.7. The molecule has 3 rings (SSSR count). The van der Waals surface area contributed by atoms with Gasteiger partial charge >= 0.3 is 6.09 Å². The van der Waals surface area contributed by atoms with Crippen LogP contribution in [-0.4, -0.2) is 41.2 Å². The average molecular weight is 500 g/mol. The Hall–Kier alpha value is -1.25. The number of piperidine rings is 1. The number of nitrogens with two attached hydrogens (primary N) is 1. The van der Waals surface area contributed by atoms with Gasteiger partial charge in [-0.05, 0) is 98.9 Å². The first-order chi connectivity index (χ1) is 13.2. The number of amides is 1. The second kappa shape index (κ2) is 8.63. The second-order valence-corrected chi connectivity index (χ2v) is 10.4. The van der Waals surface area contributed by atoms with E-state index in [-0.39, 0.29) is 6.09 Å². The molecule has 2 heterocycles. The van der Waals surface area contributed by atoms with Crippen molar-refractivity contribution in [1.29, 1.82) is 0 Å². The smallest absolute Gasteiger partial charge is 0.410 e. The molecule has 1 atom stereocenters. The van der Waals surface area contributed by atoms with Gasteiger partial charge in [-0.3, -0.25) is 0 Å². The maximum atomic E-state index is 12.5. The largest absolute Gasteiger partial charge is 0.444 e. The van der Waals surface area contributed by atoms with E-state index >= 15 is 0 Å². The molecule has 2 aliphatic rings. The molecule has 1 saturated heterocycles. The lowest BCUT2D eigenvalue weighted by molar-refractivity contribution is 0.00657. The van der Waals surface area contributed by atoms with E-state index in [0.717, 1.165) is 48.3 Å². The molecule has 7 heteroatoms. The average Bonchev–Trinajstić information content (AvgIpc) is 3.38. The van der Waals surface area contributed by atoms with E-state index in [1.54, 1.807) is 0 Å². The number of halogens is 1. The highest BCUT2D eigenvalue weighted by atomic mass is 127. The van der Waals surface area contributed by atoms with Crippen LogP contribution in [0.2, 0.25) is 0 Å². The van der Waals surface area contributed by atoms with Crippen LogP contribution < -0.4 is 11.1 Å². The van der Waals surface area contributed by atoms with Crippen LogP contribution in [0, 0.1) is 14.9 Å². The number of unbranched alkanes of at least 4 members (excludes halogenated alkanes) is 1. The van der Waals surface area contributed by atoms with Gasteiger partial charge in [-0.1, -0.05) is 6.42 Å². The molecule has 2 fully saturated rings. The number of anilines is 2. The van der Waals surface area contributed by atoms with Crippen molar-refractivity contribution < 1.29 is 9.53 Å². The molecule has 1 amide bonds. The summed E-state index contributed by atoms with van der Waals surface area (Å²) in [6, 6.07) is 3.80. The molecule has 1 spiro atoms. The number of rotatable bonds is 6. The van der Waals surface area contributed by atoms with Gasteiger partial charge in [0.05, 0.1) is 3.57 Å². The van der Waals surface area contributed by atoms with Crippen LogP contribution in [-0.2, 0) is 4.74 Å². The number of carbonyl (C=O) groups excluding carboxylic acids is 1. The molecule has 1 aliphatic heterocycles. The van der Waals surface area contributed by atoms with Crippen LogP contribution >= 0.6 is 22.6 Å². The predicted octanol–water partition coefficient (Wildman–Crippen LogP) is 4.89. The quantitative estimate of drug-likeness (QED) is 0.430. The lowest BCUT2D eigenvalue weighted by Crippen LogP contribution is -2.46. The van der Waals surface area contributed by atoms with Crippen LogP contribution in [0.1, 0.15) is 59.3 Å². The van der Waals surface area contributed by atoms with Gasteiger partial charge in [0.1, 0.15) is 17.2 Å². The Morgan fingerprint density at radius 3 is 2.79 bits per heavy atom. The summed E-state index contributed by atoms with van der Waals surface area (Å²) < 4.78 is 6.67. The van der Waals surface area contributed by atoms with Gasteiger partial charge in [0.2, 0.25) is 0 Å². The summed E-state index contributed by atoms with van der Waals surface area (Å²) in [6.45, 7) is 8.36. The molecule has 156 valence electrons. The highest BCUT2D eigenvalue weighted by molar-refractivity contribution is 14.1. The van der Waals surface area contributed by atoms with Crippen molar-refractivity contribution >= 4 is 40.3 Å². The highest BCUT2D eigenvalue weighted by Gasteiger charge is 2.52. The van der Waals surface area contributed by atoms with Crippen molar-refractivity contribution in [3.05, 3.63) is 15.7 Å². The summed E-state index contributed by atoms with van der Waals surface area (Å²) in [5, 5.41) is 3.40. The van der Waals surface area contributed by atoms with Gasteiger partial charge in [0.15, 0.2) is 0 Å². The van der Waals surface area contributed by atoms with Crippen LogP contribution in [0.15, 0.2) is 12.1 Å².